The predicted molar refractivity (Wildman–Crippen MR) is 121 cm³/mol. The number of aromatic nitrogens is 3. The minimum atomic E-state index is 0.0756. The summed E-state index contributed by atoms with van der Waals surface area (Å²) in [6.45, 7) is 5.49. The Bertz CT molecular complexity index is 969. The van der Waals surface area contributed by atoms with Crippen LogP contribution in [0.1, 0.15) is 18.1 Å². The lowest BCUT2D eigenvalue weighted by molar-refractivity contribution is -0.127. The van der Waals surface area contributed by atoms with Crippen LogP contribution in [0.3, 0.4) is 0 Å². The van der Waals surface area contributed by atoms with Crippen LogP contribution in [0.4, 0.5) is 0 Å². The molecule has 0 spiro atoms. The molecule has 0 saturated heterocycles. The Morgan fingerprint density at radius 1 is 1.14 bits per heavy atom. The second kappa shape index (κ2) is 9.98. The molecule has 7 heteroatoms. The zero-order valence-corrected chi connectivity index (χ0v) is 18.9. The highest BCUT2D eigenvalue weighted by Crippen LogP contribution is 2.25. The van der Waals surface area contributed by atoms with Gasteiger partial charge < -0.3 is 9.47 Å². The molecule has 0 bridgehead atoms. The molecule has 3 rings (SSSR count). The van der Waals surface area contributed by atoms with E-state index in [2.05, 4.69) is 71.3 Å². The predicted octanol–water partition coefficient (Wildman–Crippen LogP) is 4.75. The molecule has 1 aromatic heterocycles. The summed E-state index contributed by atoms with van der Waals surface area (Å²) in [5.74, 6) is 1.26. The van der Waals surface area contributed by atoms with Crippen LogP contribution in [0.25, 0.3) is 11.4 Å². The summed E-state index contributed by atoms with van der Waals surface area (Å²) in [7, 11) is 1.84. The van der Waals surface area contributed by atoms with E-state index in [-0.39, 0.29) is 5.91 Å². The summed E-state index contributed by atoms with van der Waals surface area (Å²) >= 11 is 3.15. The summed E-state index contributed by atoms with van der Waals surface area (Å²) in [6.07, 6.45) is 2.06. The van der Waals surface area contributed by atoms with Gasteiger partial charge in [-0.15, -0.1) is 22.0 Å². The van der Waals surface area contributed by atoms with Crippen molar-refractivity contribution >= 4 is 29.4 Å². The quantitative estimate of drug-likeness (QED) is 0.487. The van der Waals surface area contributed by atoms with Gasteiger partial charge in [0.25, 0.3) is 0 Å². The van der Waals surface area contributed by atoms with E-state index in [9.17, 15) is 4.79 Å². The van der Waals surface area contributed by atoms with Gasteiger partial charge in [0.2, 0.25) is 5.91 Å². The van der Waals surface area contributed by atoms with Crippen molar-refractivity contribution in [3.63, 3.8) is 0 Å². The van der Waals surface area contributed by atoms with E-state index < -0.39 is 0 Å². The average molecular weight is 427 g/mol. The second-order valence-corrected chi connectivity index (χ2v) is 8.63. The van der Waals surface area contributed by atoms with Crippen molar-refractivity contribution in [3.8, 4) is 11.4 Å². The maximum atomic E-state index is 12.6. The Morgan fingerprint density at radius 3 is 2.55 bits per heavy atom. The van der Waals surface area contributed by atoms with Gasteiger partial charge in [0.1, 0.15) is 0 Å². The molecule has 1 amide bonds. The summed E-state index contributed by atoms with van der Waals surface area (Å²) in [5, 5.41) is 9.47. The summed E-state index contributed by atoms with van der Waals surface area (Å²) in [6, 6.07) is 16.6. The molecule has 29 heavy (non-hydrogen) atoms. The van der Waals surface area contributed by atoms with E-state index in [4.69, 9.17) is 0 Å². The van der Waals surface area contributed by atoms with Crippen molar-refractivity contribution in [2.75, 3.05) is 19.1 Å². The SMILES string of the molecule is CCn1c(SCC(=O)N(C)Cc2ccc(SC)cc2)nnc1-c1cccc(C)c1. The van der Waals surface area contributed by atoms with Crippen molar-refractivity contribution in [1.82, 2.24) is 19.7 Å². The minimum absolute atomic E-state index is 0.0756. The maximum Gasteiger partial charge on any atom is 0.233 e. The third-order valence-corrected chi connectivity index (χ3v) is 6.33. The second-order valence-electron chi connectivity index (χ2n) is 6.81. The van der Waals surface area contributed by atoms with Crippen LogP contribution in [0, 0.1) is 6.92 Å². The summed E-state index contributed by atoms with van der Waals surface area (Å²) in [5.41, 5.74) is 3.36. The Balaban J connectivity index is 1.63. The lowest BCUT2D eigenvalue weighted by atomic mass is 10.1. The first-order valence-electron chi connectivity index (χ1n) is 9.51. The number of nitrogens with zero attached hydrogens (tertiary/aromatic N) is 4. The Morgan fingerprint density at radius 2 is 1.90 bits per heavy atom. The fraction of sp³-hybridized carbons (Fsp3) is 0.318. The smallest absolute Gasteiger partial charge is 0.233 e. The van der Waals surface area contributed by atoms with Gasteiger partial charge >= 0.3 is 0 Å². The monoisotopic (exact) mass is 426 g/mol. The average Bonchev–Trinajstić information content (AvgIpc) is 3.15. The number of carbonyl (C=O) groups excluding carboxylic acids is 1. The van der Waals surface area contributed by atoms with Crippen LogP contribution in [0.15, 0.2) is 58.6 Å². The number of benzene rings is 2. The van der Waals surface area contributed by atoms with Crippen LogP contribution >= 0.6 is 23.5 Å². The molecule has 5 nitrogen and oxygen atoms in total. The number of thioether (sulfide) groups is 2. The molecule has 152 valence electrons. The number of aryl methyl sites for hydroxylation is 1. The molecular formula is C22H26N4OS2. The van der Waals surface area contributed by atoms with Crippen molar-refractivity contribution in [2.45, 2.75) is 37.0 Å². The molecule has 0 aliphatic heterocycles. The van der Waals surface area contributed by atoms with Gasteiger partial charge in [-0.1, -0.05) is 47.7 Å². The van der Waals surface area contributed by atoms with Crippen LogP contribution in [-0.2, 0) is 17.9 Å². The van der Waals surface area contributed by atoms with Gasteiger partial charge in [-0.2, -0.15) is 0 Å². The molecule has 0 saturated carbocycles. The van der Waals surface area contributed by atoms with E-state index in [0.717, 1.165) is 28.7 Å². The molecule has 0 aliphatic rings. The Kier molecular flexibility index (Phi) is 7.39. The number of carbonyl (C=O) groups is 1. The first-order valence-corrected chi connectivity index (χ1v) is 11.7. The molecule has 0 unspecified atom stereocenters. The minimum Gasteiger partial charge on any atom is -0.341 e. The van der Waals surface area contributed by atoms with Gasteiger partial charge in [-0.25, -0.2) is 0 Å². The first-order chi connectivity index (χ1) is 14.0. The van der Waals surface area contributed by atoms with Crippen LogP contribution in [0.5, 0.6) is 0 Å². The summed E-state index contributed by atoms with van der Waals surface area (Å²) < 4.78 is 2.06. The highest BCUT2D eigenvalue weighted by molar-refractivity contribution is 7.99. The van der Waals surface area contributed by atoms with Crippen LogP contribution < -0.4 is 0 Å². The fourth-order valence-electron chi connectivity index (χ4n) is 3.01. The van der Waals surface area contributed by atoms with E-state index in [0.29, 0.717) is 12.3 Å². The van der Waals surface area contributed by atoms with Gasteiger partial charge in [-0.3, -0.25) is 4.79 Å². The zero-order valence-electron chi connectivity index (χ0n) is 17.3. The fourth-order valence-corrected chi connectivity index (χ4v) is 4.36. The molecular weight excluding hydrogens is 400 g/mol. The van der Waals surface area contributed by atoms with E-state index in [1.165, 1.54) is 22.2 Å². The molecule has 0 aliphatic carbocycles. The van der Waals surface area contributed by atoms with Crippen molar-refractivity contribution < 1.29 is 4.79 Å². The van der Waals surface area contributed by atoms with E-state index >= 15 is 0 Å². The largest absolute Gasteiger partial charge is 0.341 e. The first kappa shape index (κ1) is 21.5. The van der Waals surface area contributed by atoms with Gasteiger partial charge in [-0.05, 0) is 43.9 Å². The van der Waals surface area contributed by atoms with Gasteiger partial charge in [0.05, 0.1) is 5.75 Å². The van der Waals surface area contributed by atoms with Crippen molar-refractivity contribution in [1.29, 1.82) is 0 Å². The third kappa shape index (κ3) is 5.42. The lowest BCUT2D eigenvalue weighted by Crippen LogP contribution is -2.27. The number of hydrogen-bond acceptors (Lipinski definition) is 5. The highest BCUT2D eigenvalue weighted by atomic mass is 32.2. The standard InChI is InChI=1S/C22H26N4OS2/c1-5-26-21(18-8-6-7-16(2)13-18)23-24-22(26)29-15-20(27)25(3)14-17-9-11-19(28-4)12-10-17/h6-13H,5,14-15H2,1-4H3. The van der Waals surface area contributed by atoms with Gasteiger partial charge in [0, 0.05) is 30.6 Å². The Hall–Kier alpha value is -2.25. The van der Waals surface area contributed by atoms with E-state index in [1.54, 1.807) is 16.7 Å². The molecule has 0 atom stereocenters. The number of rotatable bonds is 8. The van der Waals surface area contributed by atoms with Crippen LogP contribution in [0.2, 0.25) is 0 Å². The molecule has 0 fully saturated rings. The normalized spacial score (nSPS) is 10.9. The van der Waals surface area contributed by atoms with Gasteiger partial charge in [0.15, 0.2) is 11.0 Å². The molecule has 3 aromatic rings. The number of amides is 1. The Labute approximate surface area is 180 Å². The molecule has 2 aromatic carbocycles. The lowest BCUT2D eigenvalue weighted by Gasteiger charge is -2.17. The molecule has 0 radical (unpaired) electrons. The molecule has 0 N–H and O–H groups in total. The third-order valence-electron chi connectivity index (χ3n) is 4.64. The van der Waals surface area contributed by atoms with E-state index in [1.807, 2.05) is 19.2 Å². The van der Waals surface area contributed by atoms with Crippen molar-refractivity contribution in [3.05, 3.63) is 59.7 Å². The van der Waals surface area contributed by atoms with Crippen molar-refractivity contribution in [2.24, 2.45) is 0 Å². The summed E-state index contributed by atoms with van der Waals surface area (Å²) in [4.78, 5) is 15.6. The molecule has 1 heterocycles. The zero-order chi connectivity index (χ0) is 20.8. The van der Waals surface area contributed by atoms with Crippen LogP contribution in [-0.4, -0.2) is 44.6 Å². The highest BCUT2D eigenvalue weighted by Gasteiger charge is 2.16. The number of hydrogen-bond donors (Lipinski definition) is 0. The maximum absolute atomic E-state index is 12.6. The topological polar surface area (TPSA) is 51.0 Å².